The molecule has 2 atom stereocenters. The van der Waals surface area contributed by atoms with E-state index < -0.39 is 52.8 Å². The van der Waals surface area contributed by atoms with Crippen LogP contribution in [-0.2, 0) is 16.1 Å². The van der Waals surface area contributed by atoms with E-state index in [1.807, 2.05) is 0 Å². The van der Waals surface area contributed by atoms with Crippen molar-refractivity contribution in [3.8, 4) is 17.2 Å². The minimum atomic E-state index is -5.02. The summed E-state index contributed by atoms with van der Waals surface area (Å²) in [5.41, 5.74) is -0.752. The fraction of sp³-hybridized carbons (Fsp3) is 0.185. The molecule has 3 aliphatic rings. The van der Waals surface area contributed by atoms with Gasteiger partial charge in [-0.3, -0.25) is 9.59 Å². The average Bonchev–Trinajstić information content (AvgIpc) is 3.16. The van der Waals surface area contributed by atoms with Gasteiger partial charge in [0.15, 0.2) is 11.6 Å². The van der Waals surface area contributed by atoms with Crippen molar-refractivity contribution in [2.45, 2.75) is 31.3 Å². The van der Waals surface area contributed by atoms with Gasteiger partial charge in [-0.05, 0) is 51.8 Å². The molecule has 204 valence electrons. The molecule has 2 aromatic carbocycles. The minimum absolute atomic E-state index is 0.0216. The third kappa shape index (κ3) is 3.99. The Morgan fingerprint density at radius 1 is 1.00 bits per heavy atom. The zero-order valence-corrected chi connectivity index (χ0v) is 21.8. The van der Waals surface area contributed by atoms with Gasteiger partial charge in [0.05, 0.1) is 22.8 Å². The van der Waals surface area contributed by atoms with Gasteiger partial charge in [0.1, 0.15) is 11.5 Å². The maximum atomic E-state index is 13.7. The van der Waals surface area contributed by atoms with Crippen molar-refractivity contribution in [2.75, 3.05) is 0 Å². The fourth-order valence-corrected chi connectivity index (χ4v) is 6.04. The number of carbonyl (C=O) groups excluding carboxylic acids is 2. The van der Waals surface area contributed by atoms with E-state index >= 15 is 0 Å². The summed E-state index contributed by atoms with van der Waals surface area (Å²) in [4.78, 5) is 53.5. The lowest BCUT2D eigenvalue weighted by Crippen LogP contribution is -2.40. The summed E-state index contributed by atoms with van der Waals surface area (Å²) in [7, 11) is 0. The molecule has 0 spiro atoms. The second-order valence-electron chi connectivity index (χ2n) is 9.37. The van der Waals surface area contributed by atoms with Gasteiger partial charge in [-0.15, -0.1) is 13.2 Å². The van der Waals surface area contributed by atoms with Gasteiger partial charge in [-0.2, -0.15) is 0 Å². The van der Waals surface area contributed by atoms with E-state index in [0.29, 0.717) is 11.3 Å². The van der Waals surface area contributed by atoms with Crippen LogP contribution in [0.4, 0.5) is 13.2 Å². The van der Waals surface area contributed by atoms with Crippen LogP contribution in [0.15, 0.2) is 91.5 Å². The highest BCUT2D eigenvalue weighted by Crippen LogP contribution is 2.52. The highest BCUT2D eigenvalue weighted by Gasteiger charge is 2.46. The van der Waals surface area contributed by atoms with Crippen molar-refractivity contribution in [1.29, 1.82) is 0 Å². The Balaban J connectivity index is 1.58. The van der Waals surface area contributed by atoms with Crippen LogP contribution in [0.25, 0.3) is 5.69 Å². The molecule has 0 saturated carbocycles. The number of hydrogen-bond donors (Lipinski definition) is 1. The van der Waals surface area contributed by atoms with E-state index in [-0.39, 0.29) is 34.2 Å². The number of nitrogens with zero attached hydrogens (tertiary/aromatic N) is 3. The predicted molar refractivity (Wildman–Crippen MR) is 138 cm³/mol. The van der Waals surface area contributed by atoms with E-state index in [4.69, 9.17) is 0 Å². The number of carbonyl (C=O) groups is 2. The quantitative estimate of drug-likeness (QED) is 0.354. The molecule has 1 aromatic heterocycles. The number of ether oxygens (including phenoxy) is 1. The van der Waals surface area contributed by atoms with Crippen molar-refractivity contribution >= 4 is 27.5 Å². The summed E-state index contributed by atoms with van der Waals surface area (Å²) in [6.45, 7) is -0.0972. The summed E-state index contributed by atoms with van der Waals surface area (Å²) in [5.74, 6) is -3.41. The number of aromatic hydroxyl groups is 1. The monoisotopic (exact) mass is 615 g/mol. The van der Waals surface area contributed by atoms with Crippen LogP contribution in [0.5, 0.6) is 11.5 Å². The Morgan fingerprint density at radius 2 is 1.73 bits per heavy atom. The van der Waals surface area contributed by atoms with Crippen LogP contribution in [0.2, 0.25) is 0 Å². The van der Waals surface area contributed by atoms with E-state index in [2.05, 4.69) is 20.7 Å². The molecule has 0 bridgehead atoms. The number of aromatic nitrogens is 3. The predicted octanol–water partition coefficient (Wildman–Crippen LogP) is 3.80. The van der Waals surface area contributed by atoms with Crippen molar-refractivity contribution in [3.63, 3.8) is 0 Å². The molecule has 0 unspecified atom stereocenters. The smallest absolute Gasteiger partial charge is 0.508 e. The van der Waals surface area contributed by atoms with Crippen molar-refractivity contribution in [1.82, 2.24) is 13.9 Å². The van der Waals surface area contributed by atoms with Crippen LogP contribution < -0.4 is 16.1 Å². The first-order valence-electron chi connectivity index (χ1n) is 11.9. The third-order valence-corrected chi connectivity index (χ3v) is 7.75. The van der Waals surface area contributed by atoms with Crippen molar-refractivity contribution < 1.29 is 32.6 Å². The minimum Gasteiger partial charge on any atom is -0.508 e. The third-order valence-electron chi connectivity index (χ3n) is 7.16. The number of hydrogen-bond acceptors (Lipinski definition) is 6. The first-order valence-corrected chi connectivity index (χ1v) is 12.7. The highest BCUT2D eigenvalue weighted by atomic mass is 79.9. The molecular weight excluding hydrogens is 599 g/mol. The second kappa shape index (κ2) is 9.08. The molecule has 2 aliphatic carbocycles. The van der Waals surface area contributed by atoms with Gasteiger partial charge in [-0.1, -0.05) is 24.3 Å². The fourth-order valence-electron chi connectivity index (χ4n) is 5.59. The number of phenols is 1. The van der Waals surface area contributed by atoms with Gasteiger partial charge in [0.25, 0.3) is 0 Å². The van der Waals surface area contributed by atoms with Crippen molar-refractivity contribution in [3.05, 3.63) is 108 Å². The Bertz CT molecular complexity index is 1830. The number of rotatable bonds is 3. The van der Waals surface area contributed by atoms with Crippen LogP contribution in [0.3, 0.4) is 0 Å². The van der Waals surface area contributed by atoms with Crippen LogP contribution in [0, 0.1) is 0 Å². The number of phenolic OH excluding ortho intramolecular Hbond substituents is 1. The summed E-state index contributed by atoms with van der Waals surface area (Å²) in [6.07, 6.45) is -2.50. The molecule has 40 heavy (non-hydrogen) atoms. The molecule has 6 rings (SSSR count). The number of para-hydroxylation sites is 1. The van der Waals surface area contributed by atoms with Crippen LogP contribution in [-0.4, -0.2) is 37.0 Å². The maximum Gasteiger partial charge on any atom is 0.573 e. The highest BCUT2D eigenvalue weighted by molar-refractivity contribution is 9.12. The molecule has 1 aliphatic heterocycles. The first-order chi connectivity index (χ1) is 19.0. The number of alkyl halides is 3. The number of fused-ring (bicyclic) bond motifs is 3. The molecule has 9 nitrogen and oxygen atoms in total. The zero-order valence-electron chi connectivity index (χ0n) is 20.2. The molecular formula is C27H17BrF3N3O6. The summed E-state index contributed by atoms with van der Waals surface area (Å²) >= 11 is 3.09. The van der Waals surface area contributed by atoms with Gasteiger partial charge < -0.3 is 9.84 Å². The number of benzene rings is 2. The topological polar surface area (TPSA) is 113 Å². The van der Waals surface area contributed by atoms with Crippen LogP contribution >= 0.6 is 15.9 Å². The number of Topliss-reactive ketones (excluding diaryl/α,β-unsaturated/α-hetero) is 1. The average molecular weight is 616 g/mol. The molecule has 1 N–H and O–H groups in total. The van der Waals surface area contributed by atoms with Gasteiger partial charge in [0, 0.05) is 35.1 Å². The Hall–Kier alpha value is -4.39. The first kappa shape index (κ1) is 25.9. The van der Waals surface area contributed by atoms with E-state index in [1.165, 1.54) is 9.36 Å². The SMILES string of the molecule is O=C1C=C(Br)C(=O)C2=C1[C@@H](c1cc(OC(F)(F)F)ccc1O)C1=CCn3c(=O)n(-c4ccccc4)c(=O)n3[C@@H]1C2. The number of allylic oxidation sites excluding steroid dienone is 6. The van der Waals surface area contributed by atoms with Gasteiger partial charge >= 0.3 is 17.7 Å². The van der Waals surface area contributed by atoms with E-state index in [0.717, 1.165) is 28.8 Å². The van der Waals surface area contributed by atoms with Crippen molar-refractivity contribution in [2.24, 2.45) is 0 Å². The summed E-state index contributed by atoms with van der Waals surface area (Å²) < 4.78 is 46.4. The number of halogens is 4. The number of ketones is 2. The van der Waals surface area contributed by atoms with E-state index in [9.17, 15) is 37.5 Å². The molecule has 3 aromatic rings. The maximum absolute atomic E-state index is 13.7. The van der Waals surface area contributed by atoms with Crippen LogP contribution in [0.1, 0.15) is 23.9 Å². The summed E-state index contributed by atoms with van der Waals surface area (Å²) in [6, 6.07) is 10.1. The lowest BCUT2D eigenvalue weighted by molar-refractivity contribution is -0.274. The Labute approximate surface area is 230 Å². The molecule has 13 heteroatoms. The molecule has 0 radical (unpaired) electrons. The normalized spacial score (nSPS) is 20.4. The van der Waals surface area contributed by atoms with Gasteiger partial charge in [-0.25, -0.2) is 23.5 Å². The molecule has 0 amide bonds. The zero-order chi connectivity index (χ0) is 28.5. The molecule has 2 heterocycles. The van der Waals surface area contributed by atoms with Gasteiger partial charge in [0.2, 0.25) is 0 Å². The lowest BCUT2D eigenvalue weighted by atomic mass is 9.68. The molecule has 0 fully saturated rings. The standard InChI is InChI=1S/C27H17BrF3N3O6/c28-18-12-21(36)23-17(24(18)37)11-19-15(22(23)16-10-14(6-7-20(16)35)40-27(29,30)31)8-9-32-25(38)33(26(39)34(19)32)13-4-2-1-3-5-13/h1-8,10,12,19,22,35H,9,11H2/t19-,22-/m1/s1. The summed E-state index contributed by atoms with van der Waals surface area (Å²) in [5, 5.41) is 10.8. The Kier molecular flexibility index (Phi) is 5.87. The molecule has 0 saturated heterocycles. The Morgan fingerprint density at radius 3 is 2.42 bits per heavy atom. The van der Waals surface area contributed by atoms with E-state index in [1.54, 1.807) is 36.4 Å². The lowest BCUT2D eigenvalue weighted by Gasteiger charge is -2.39. The second-order valence-corrected chi connectivity index (χ2v) is 10.2. The largest absolute Gasteiger partial charge is 0.573 e.